The minimum Gasteiger partial charge on any atom is -0.469 e. The maximum Gasteiger partial charge on any atom is 0.519 e. The first-order valence-corrected chi connectivity index (χ1v) is 19.4. The van der Waals surface area contributed by atoms with Crippen LogP contribution in [0.2, 0.25) is 0 Å². The highest BCUT2D eigenvalue weighted by atomic mass is 16.8. The van der Waals surface area contributed by atoms with E-state index in [1.807, 2.05) is 107 Å². The SMILES string of the molecule is CC(C)(C)OC(=O)OC(=O)OC(C)(C)C.COC(=O)C[C@H](C)Nc1ccc(N)c2ccccc12.COC(=O)C[C@H](C)Nc1ccc(NC(=O)OC(C)(C)C)c2ccccc12. The van der Waals surface area contributed by atoms with E-state index in [-0.39, 0.29) is 30.4 Å². The van der Waals surface area contributed by atoms with Crippen molar-refractivity contribution in [3.63, 3.8) is 0 Å². The number of anilines is 4. The van der Waals surface area contributed by atoms with E-state index in [9.17, 15) is 24.0 Å². The van der Waals surface area contributed by atoms with Crippen LogP contribution in [0.15, 0.2) is 72.8 Å². The van der Waals surface area contributed by atoms with Gasteiger partial charge in [0.05, 0.1) is 32.7 Å². The van der Waals surface area contributed by atoms with Crippen molar-refractivity contribution in [3.8, 4) is 0 Å². The number of rotatable bonds is 9. The summed E-state index contributed by atoms with van der Waals surface area (Å²) < 4.78 is 28.5. The van der Waals surface area contributed by atoms with Crippen molar-refractivity contribution in [2.24, 2.45) is 0 Å². The Morgan fingerprint density at radius 2 is 0.883 bits per heavy atom. The monoisotopic (exact) mass is 834 g/mol. The van der Waals surface area contributed by atoms with Gasteiger partial charge in [-0.25, -0.2) is 14.4 Å². The molecule has 15 heteroatoms. The Bertz CT molecular complexity index is 2060. The van der Waals surface area contributed by atoms with Gasteiger partial charge in [-0.3, -0.25) is 14.9 Å². The summed E-state index contributed by atoms with van der Waals surface area (Å²) in [6, 6.07) is 23.1. The largest absolute Gasteiger partial charge is 0.519 e. The molecule has 0 radical (unpaired) electrons. The average Bonchev–Trinajstić information content (AvgIpc) is 3.12. The summed E-state index contributed by atoms with van der Waals surface area (Å²) in [6.07, 6.45) is -2.02. The lowest BCUT2D eigenvalue weighted by molar-refractivity contribution is -0.141. The van der Waals surface area contributed by atoms with Crippen molar-refractivity contribution in [2.45, 2.75) is 118 Å². The van der Waals surface area contributed by atoms with E-state index in [2.05, 4.69) is 25.4 Å². The molecule has 0 saturated heterocycles. The van der Waals surface area contributed by atoms with Gasteiger partial charge in [0.25, 0.3) is 0 Å². The number of hydrogen-bond acceptors (Lipinski definition) is 14. The lowest BCUT2D eigenvalue weighted by Gasteiger charge is -2.21. The quantitative estimate of drug-likeness (QED) is 0.0536. The fraction of sp³-hybridized carbons (Fsp3) is 0.444. The Morgan fingerprint density at radius 1 is 0.533 bits per heavy atom. The van der Waals surface area contributed by atoms with Crippen molar-refractivity contribution in [2.75, 3.05) is 35.9 Å². The Hall–Kier alpha value is -6.25. The summed E-state index contributed by atoms with van der Waals surface area (Å²) in [6.45, 7) is 19.3. The molecule has 0 heterocycles. The van der Waals surface area contributed by atoms with E-state index in [0.29, 0.717) is 12.1 Å². The third-order valence-corrected chi connectivity index (χ3v) is 7.67. The normalized spacial score (nSPS) is 12.2. The maximum atomic E-state index is 12.1. The zero-order valence-corrected chi connectivity index (χ0v) is 37.1. The molecule has 60 heavy (non-hydrogen) atoms. The first-order valence-electron chi connectivity index (χ1n) is 19.4. The van der Waals surface area contributed by atoms with Gasteiger partial charge in [0.1, 0.15) is 16.8 Å². The second kappa shape index (κ2) is 22.2. The van der Waals surface area contributed by atoms with E-state index in [1.54, 1.807) is 41.5 Å². The molecule has 0 bridgehead atoms. The molecule has 0 saturated carbocycles. The van der Waals surface area contributed by atoms with Crippen LogP contribution in [0.25, 0.3) is 21.5 Å². The molecule has 4 aromatic carbocycles. The standard InChI is InChI=1S/C20H26N2O4.C15H18N2O2.C10H18O5/c1-13(12-18(23)25-5)21-16-10-11-17(15-9-7-6-8-14(15)16)22-19(24)26-20(2,3)4;1-10(9-15(18)19-2)17-14-8-7-13(16)11-5-3-4-6-12(11)14;1-9(2,3)14-7(11)13-8(12)15-10(4,5)6/h6-11,13,21H,12H2,1-5H3,(H,22,24);3-8,10,17H,9,16H2,1-2H3;1-6H3/t13-;10-;/m00./s1. The lowest BCUT2D eigenvalue weighted by Crippen LogP contribution is -2.29. The molecule has 0 unspecified atom stereocenters. The van der Waals surface area contributed by atoms with Gasteiger partial charge in [-0.05, 0) is 100 Å². The number of fused-ring (bicyclic) bond motifs is 2. The van der Waals surface area contributed by atoms with E-state index >= 15 is 0 Å². The van der Waals surface area contributed by atoms with Crippen molar-refractivity contribution in [1.82, 2.24) is 0 Å². The van der Waals surface area contributed by atoms with Gasteiger partial charge in [-0.15, -0.1) is 0 Å². The average molecular weight is 835 g/mol. The lowest BCUT2D eigenvalue weighted by atomic mass is 10.1. The summed E-state index contributed by atoms with van der Waals surface area (Å²) >= 11 is 0. The van der Waals surface area contributed by atoms with E-state index < -0.39 is 35.2 Å². The van der Waals surface area contributed by atoms with Crippen LogP contribution in [0.1, 0.15) is 89.0 Å². The zero-order chi connectivity index (χ0) is 45.4. The fourth-order valence-corrected chi connectivity index (χ4v) is 5.31. The second-order valence-corrected chi connectivity index (χ2v) is 16.8. The van der Waals surface area contributed by atoms with Crippen molar-refractivity contribution >= 4 is 74.6 Å². The smallest absolute Gasteiger partial charge is 0.469 e. The topological polar surface area (TPSA) is 203 Å². The van der Waals surface area contributed by atoms with Crippen LogP contribution in [-0.4, -0.2) is 73.4 Å². The van der Waals surface area contributed by atoms with E-state index in [0.717, 1.165) is 38.6 Å². The van der Waals surface area contributed by atoms with Crippen LogP contribution >= 0.6 is 0 Å². The maximum absolute atomic E-state index is 12.1. The predicted octanol–water partition coefficient (Wildman–Crippen LogP) is 10.2. The molecule has 4 rings (SSSR count). The van der Waals surface area contributed by atoms with Gasteiger partial charge in [0.15, 0.2) is 0 Å². The molecule has 5 N–H and O–H groups in total. The number of ether oxygens (including phenoxy) is 6. The van der Waals surface area contributed by atoms with Gasteiger partial charge < -0.3 is 44.8 Å². The number of nitrogens with two attached hydrogens (primary N) is 1. The van der Waals surface area contributed by atoms with Crippen LogP contribution in [-0.2, 0) is 38.0 Å². The molecule has 2 atom stereocenters. The number of carbonyl (C=O) groups is 5. The molecule has 0 fully saturated rings. The summed E-state index contributed by atoms with van der Waals surface area (Å²) in [5, 5.41) is 13.3. The molecule has 0 aliphatic heterocycles. The number of nitrogens with one attached hydrogen (secondary N) is 3. The number of benzene rings is 4. The summed E-state index contributed by atoms with van der Waals surface area (Å²) in [5.74, 6) is -0.489. The minimum atomic E-state index is -1.06. The Morgan fingerprint density at radius 3 is 1.28 bits per heavy atom. The minimum absolute atomic E-state index is 0.000481. The number of carbonyl (C=O) groups excluding carboxylic acids is 5. The number of nitrogen functional groups attached to an aromatic ring is 1. The van der Waals surface area contributed by atoms with Gasteiger partial charge in [-0.1, -0.05) is 48.5 Å². The molecule has 0 aliphatic carbocycles. The van der Waals surface area contributed by atoms with Crippen LogP contribution < -0.4 is 21.7 Å². The molecular weight excluding hydrogens is 773 g/mol. The van der Waals surface area contributed by atoms with Crippen LogP contribution in [0.3, 0.4) is 0 Å². The molecule has 1 amide bonds. The first-order chi connectivity index (χ1) is 27.8. The molecule has 0 spiro atoms. The molecule has 4 aromatic rings. The van der Waals surface area contributed by atoms with E-state index in [4.69, 9.17) is 24.7 Å². The van der Waals surface area contributed by atoms with Crippen molar-refractivity contribution in [3.05, 3.63) is 72.8 Å². The number of amides is 1. The van der Waals surface area contributed by atoms with Crippen molar-refractivity contribution < 1.29 is 52.4 Å². The number of methoxy groups -OCH3 is 2. The van der Waals surface area contributed by atoms with E-state index in [1.165, 1.54) is 14.2 Å². The highest BCUT2D eigenvalue weighted by Gasteiger charge is 2.24. The predicted molar refractivity (Wildman–Crippen MR) is 235 cm³/mol. The van der Waals surface area contributed by atoms with Gasteiger partial charge in [0.2, 0.25) is 0 Å². The van der Waals surface area contributed by atoms with Gasteiger partial charge in [-0.2, -0.15) is 0 Å². The fourth-order valence-electron chi connectivity index (χ4n) is 5.31. The molecule has 0 aliphatic rings. The number of hydrogen-bond donors (Lipinski definition) is 4. The second-order valence-electron chi connectivity index (χ2n) is 16.8. The highest BCUT2D eigenvalue weighted by molar-refractivity contribution is 6.05. The van der Waals surface area contributed by atoms with Crippen LogP contribution in [0.4, 0.5) is 37.1 Å². The summed E-state index contributed by atoms with van der Waals surface area (Å²) in [4.78, 5) is 56.8. The molecule has 0 aromatic heterocycles. The zero-order valence-electron chi connectivity index (χ0n) is 37.1. The highest BCUT2D eigenvalue weighted by Crippen LogP contribution is 2.31. The summed E-state index contributed by atoms with van der Waals surface area (Å²) in [5.41, 5.74) is 7.27. The van der Waals surface area contributed by atoms with Crippen molar-refractivity contribution in [1.29, 1.82) is 0 Å². The summed E-state index contributed by atoms with van der Waals surface area (Å²) in [7, 11) is 2.77. The third-order valence-electron chi connectivity index (χ3n) is 7.67. The molecule has 15 nitrogen and oxygen atoms in total. The first kappa shape index (κ1) is 49.9. The van der Waals surface area contributed by atoms with Gasteiger partial charge >= 0.3 is 30.3 Å². The van der Waals surface area contributed by atoms with Gasteiger partial charge in [0, 0.05) is 50.7 Å². The van der Waals surface area contributed by atoms with Crippen LogP contribution in [0.5, 0.6) is 0 Å². The Kier molecular flexibility index (Phi) is 18.5. The third kappa shape index (κ3) is 18.6. The molecule has 328 valence electrons. The molecular formula is C45H62N4O11. The number of esters is 2. The Balaban J connectivity index is 0.000000324. The Labute approximate surface area is 352 Å². The van der Waals surface area contributed by atoms with Crippen LogP contribution in [0, 0.1) is 0 Å².